The van der Waals surface area contributed by atoms with E-state index in [0.717, 1.165) is 5.69 Å². The number of hydrogen-bond donors (Lipinski definition) is 0. The SMILES string of the molecule is c1cc(-c2ccc3c4ccccc4c4ccccc4c3c2)cc(-n2c3ccccc3c3ccc(-c4ccc5c(c4)c4ccccc4n5-c4ccc5sc6ccccc6c5c4)cc32)c1. The van der Waals surface area contributed by atoms with Crippen molar-refractivity contribution in [2.75, 3.05) is 0 Å². The minimum Gasteiger partial charge on any atom is -0.309 e. The van der Waals surface area contributed by atoms with Gasteiger partial charge in [-0.25, -0.2) is 0 Å². The Morgan fingerprint density at radius 1 is 0.222 bits per heavy atom. The zero-order valence-electron chi connectivity index (χ0n) is 34.1. The minimum atomic E-state index is 1.15. The summed E-state index contributed by atoms with van der Waals surface area (Å²) in [7, 11) is 0. The average molecular weight is 817 g/mol. The number of benzene rings is 11. The van der Waals surface area contributed by atoms with Crippen molar-refractivity contribution in [3.05, 3.63) is 218 Å². The predicted octanol–water partition coefficient (Wildman–Crippen LogP) is 17.0. The second kappa shape index (κ2) is 13.3. The number of para-hydroxylation sites is 2. The van der Waals surface area contributed by atoms with E-state index < -0.39 is 0 Å². The number of nitrogens with zero attached hydrogens (tertiary/aromatic N) is 2. The Morgan fingerprint density at radius 3 is 1.41 bits per heavy atom. The van der Waals surface area contributed by atoms with Crippen molar-refractivity contribution in [3.8, 4) is 33.6 Å². The molecule has 3 heteroatoms. The molecule has 14 rings (SSSR count). The number of fused-ring (bicyclic) bond motifs is 15. The Hall–Kier alpha value is -7.98. The first kappa shape index (κ1) is 34.7. The van der Waals surface area contributed by atoms with Gasteiger partial charge in [-0.3, -0.25) is 0 Å². The van der Waals surface area contributed by atoms with Gasteiger partial charge in [-0.05, 0) is 127 Å². The van der Waals surface area contributed by atoms with E-state index in [4.69, 9.17) is 0 Å². The highest BCUT2D eigenvalue weighted by atomic mass is 32.1. The van der Waals surface area contributed by atoms with Crippen LogP contribution in [0.15, 0.2) is 218 Å². The number of hydrogen-bond acceptors (Lipinski definition) is 1. The second-order valence-corrected chi connectivity index (χ2v) is 17.9. The number of aromatic nitrogens is 2. The van der Waals surface area contributed by atoms with E-state index in [1.54, 1.807) is 0 Å². The summed E-state index contributed by atoms with van der Waals surface area (Å²) in [5.74, 6) is 0. The third-order valence-electron chi connectivity index (χ3n) is 13.5. The lowest BCUT2D eigenvalue weighted by atomic mass is 9.92. The lowest BCUT2D eigenvalue weighted by molar-refractivity contribution is 1.18. The summed E-state index contributed by atoms with van der Waals surface area (Å²) < 4.78 is 7.54. The lowest BCUT2D eigenvalue weighted by Crippen LogP contribution is -1.95. The monoisotopic (exact) mass is 816 g/mol. The highest BCUT2D eigenvalue weighted by Crippen LogP contribution is 2.42. The van der Waals surface area contributed by atoms with E-state index in [-0.39, 0.29) is 0 Å². The molecule has 0 radical (unpaired) electrons. The number of thiophene rings is 1. The molecule has 0 aliphatic rings. The fourth-order valence-corrected chi connectivity index (χ4v) is 11.7. The quantitative estimate of drug-likeness (QED) is 0.157. The van der Waals surface area contributed by atoms with Crippen LogP contribution in [-0.4, -0.2) is 9.13 Å². The van der Waals surface area contributed by atoms with Gasteiger partial charge in [0.15, 0.2) is 0 Å². The van der Waals surface area contributed by atoms with Gasteiger partial charge in [0.25, 0.3) is 0 Å². The predicted molar refractivity (Wildman–Crippen MR) is 271 cm³/mol. The summed E-state index contributed by atoms with van der Waals surface area (Å²) in [6.45, 7) is 0. The van der Waals surface area contributed by atoms with Crippen LogP contribution < -0.4 is 0 Å². The molecule has 3 heterocycles. The van der Waals surface area contributed by atoms with E-state index in [0.29, 0.717) is 0 Å². The van der Waals surface area contributed by atoms with Gasteiger partial charge in [-0.1, -0.05) is 146 Å². The Morgan fingerprint density at radius 2 is 0.683 bits per heavy atom. The maximum absolute atomic E-state index is 2.45. The Balaban J connectivity index is 0.919. The molecule has 0 fully saturated rings. The minimum absolute atomic E-state index is 1.15. The number of rotatable bonds is 4. The van der Waals surface area contributed by atoms with Crippen LogP contribution in [0.3, 0.4) is 0 Å². The molecule has 11 aromatic carbocycles. The zero-order valence-corrected chi connectivity index (χ0v) is 34.9. The smallest absolute Gasteiger partial charge is 0.0547 e. The summed E-state index contributed by atoms with van der Waals surface area (Å²) in [6.07, 6.45) is 0. The van der Waals surface area contributed by atoms with Crippen LogP contribution in [0.25, 0.3) is 130 Å². The molecule has 292 valence electrons. The fraction of sp³-hybridized carbons (Fsp3) is 0. The molecule has 0 unspecified atom stereocenters. The van der Waals surface area contributed by atoms with Crippen LogP contribution in [-0.2, 0) is 0 Å². The first-order valence-corrected chi connectivity index (χ1v) is 22.5. The molecule has 0 aliphatic heterocycles. The highest BCUT2D eigenvalue weighted by molar-refractivity contribution is 7.25. The highest BCUT2D eigenvalue weighted by Gasteiger charge is 2.18. The third-order valence-corrected chi connectivity index (χ3v) is 14.6. The maximum atomic E-state index is 2.45. The van der Waals surface area contributed by atoms with Crippen LogP contribution in [0.2, 0.25) is 0 Å². The van der Waals surface area contributed by atoms with Gasteiger partial charge in [0.1, 0.15) is 0 Å². The molecular formula is C60H36N2S. The molecule has 0 aliphatic carbocycles. The van der Waals surface area contributed by atoms with Gasteiger partial charge in [0.05, 0.1) is 22.1 Å². The van der Waals surface area contributed by atoms with Crippen molar-refractivity contribution in [2.45, 2.75) is 0 Å². The fourth-order valence-electron chi connectivity index (χ4n) is 10.6. The van der Waals surface area contributed by atoms with E-state index in [1.165, 1.54) is 124 Å². The van der Waals surface area contributed by atoms with Crippen molar-refractivity contribution in [1.29, 1.82) is 0 Å². The first-order valence-electron chi connectivity index (χ1n) is 21.7. The zero-order chi connectivity index (χ0) is 41.2. The van der Waals surface area contributed by atoms with Crippen LogP contribution in [0, 0.1) is 0 Å². The Labute approximate surface area is 366 Å². The Kier molecular flexibility index (Phi) is 7.30. The molecule has 0 saturated heterocycles. The lowest BCUT2D eigenvalue weighted by Gasteiger charge is -2.14. The topological polar surface area (TPSA) is 9.86 Å². The largest absolute Gasteiger partial charge is 0.309 e. The van der Waals surface area contributed by atoms with E-state index >= 15 is 0 Å². The van der Waals surface area contributed by atoms with Crippen LogP contribution in [0.1, 0.15) is 0 Å². The molecule has 0 saturated carbocycles. The van der Waals surface area contributed by atoms with Crippen molar-refractivity contribution >= 4 is 107 Å². The standard InChI is InChI=1S/C60H36N2S/c1-2-16-45-43(14-1)44-15-3-4-17-46(44)52-33-38(24-28-47(45)52)37-12-11-13-41(32-37)62-55-21-8-5-18-48(55)50-29-25-40(35-58(50)62)39-26-30-57-53(34-39)49-19-6-9-22-56(49)61(57)42-27-31-60-54(36-42)51-20-7-10-23-59(51)63-60/h1-36H. The van der Waals surface area contributed by atoms with Crippen LogP contribution >= 0.6 is 11.3 Å². The molecule has 2 nitrogen and oxygen atoms in total. The normalized spacial score (nSPS) is 12.1. The summed E-state index contributed by atoms with van der Waals surface area (Å²) >= 11 is 1.86. The van der Waals surface area contributed by atoms with Crippen molar-refractivity contribution in [2.24, 2.45) is 0 Å². The summed E-state index contributed by atoms with van der Waals surface area (Å²) in [5, 5.41) is 15.4. The Bertz CT molecular complexity index is 4180. The first-order chi connectivity index (χ1) is 31.2. The third kappa shape index (κ3) is 5.12. The molecule has 0 N–H and O–H groups in total. The summed E-state index contributed by atoms with van der Waals surface area (Å²) in [4.78, 5) is 0. The molecule has 0 amide bonds. The van der Waals surface area contributed by atoms with Gasteiger partial charge < -0.3 is 9.13 Å². The van der Waals surface area contributed by atoms with E-state index in [9.17, 15) is 0 Å². The molecule has 3 aromatic heterocycles. The molecule has 14 aromatic rings. The molecular weight excluding hydrogens is 781 g/mol. The summed E-state index contributed by atoms with van der Waals surface area (Å²) in [5.41, 5.74) is 12.0. The van der Waals surface area contributed by atoms with Gasteiger partial charge in [-0.2, -0.15) is 0 Å². The second-order valence-electron chi connectivity index (χ2n) is 16.8. The van der Waals surface area contributed by atoms with E-state index in [1.807, 2.05) is 11.3 Å². The van der Waals surface area contributed by atoms with Crippen molar-refractivity contribution in [1.82, 2.24) is 9.13 Å². The van der Waals surface area contributed by atoms with Gasteiger partial charge in [0.2, 0.25) is 0 Å². The van der Waals surface area contributed by atoms with Crippen molar-refractivity contribution in [3.63, 3.8) is 0 Å². The molecule has 0 bridgehead atoms. The van der Waals surface area contributed by atoms with Crippen LogP contribution in [0.5, 0.6) is 0 Å². The molecule has 0 spiro atoms. The molecule has 0 atom stereocenters. The van der Waals surface area contributed by atoms with Crippen LogP contribution in [0.4, 0.5) is 0 Å². The van der Waals surface area contributed by atoms with E-state index in [2.05, 4.69) is 228 Å². The van der Waals surface area contributed by atoms with Gasteiger partial charge in [-0.15, -0.1) is 11.3 Å². The maximum Gasteiger partial charge on any atom is 0.0547 e. The van der Waals surface area contributed by atoms with Gasteiger partial charge >= 0.3 is 0 Å². The van der Waals surface area contributed by atoms with Gasteiger partial charge in [0, 0.05) is 53.1 Å². The average Bonchev–Trinajstić information content (AvgIpc) is 4.01. The molecule has 63 heavy (non-hydrogen) atoms. The van der Waals surface area contributed by atoms with Crippen molar-refractivity contribution < 1.29 is 0 Å². The summed E-state index contributed by atoms with van der Waals surface area (Å²) in [6, 6.07) is 81.1.